The Kier molecular flexibility index (Phi) is 45.2. The maximum Gasteiger partial charge on any atom is 0.264 e. The first-order valence-electron chi connectivity index (χ1n) is 42.3. The lowest BCUT2D eigenvalue weighted by atomic mass is 10.1. The predicted molar refractivity (Wildman–Crippen MR) is 485 cm³/mol. The van der Waals surface area contributed by atoms with E-state index in [4.69, 9.17) is 56.8 Å². The van der Waals surface area contributed by atoms with E-state index < -0.39 is 151 Å². The first-order valence-corrected chi connectivity index (χ1v) is 55.2. The summed E-state index contributed by atoms with van der Waals surface area (Å²) in [5, 5.41) is 22.9. The zero-order chi connectivity index (χ0) is 101. The minimum atomic E-state index is -4.45. The molecule has 4 aromatic carbocycles. The number of nitrogens with zero attached hydrogens (tertiary/aromatic N) is 5. The maximum atomic E-state index is 14.0. The van der Waals surface area contributed by atoms with Crippen LogP contribution in [0.5, 0.6) is 69.0 Å². The maximum absolute atomic E-state index is 14.0. The van der Waals surface area contributed by atoms with E-state index in [0.29, 0.717) is 30.7 Å². The molecule has 61 heteroatoms. The highest BCUT2D eigenvalue weighted by Gasteiger charge is 2.29. The van der Waals surface area contributed by atoms with Crippen LogP contribution in [0.2, 0.25) is 0 Å². The molecule has 3 heterocycles. The van der Waals surface area contributed by atoms with Crippen LogP contribution in [0.3, 0.4) is 0 Å². The second-order valence-corrected chi connectivity index (χ2v) is 42.6. The molecule has 2 aliphatic rings. The summed E-state index contributed by atoms with van der Waals surface area (Å²) in [6.45, 7) is 1.03. The van der Waals surface area contributed by atoms with Gasteiger partial charge in [0.05, 0.1) is 123 Å². The summed E-state index contributed by atoms with van der Waals surface area (Å²) in [5.74, 6) is -9.83. The molecule has 2 aliphatic heterocycles. The van der Waals surface area contributed by atoms with Crippen molar-refractivity contribution in [1.29, 1.82) is 0 Å². The lowest BCUT2D eigenvalue weighted by Crippen LogP contribution is -2.38. The van der Waals surface area contributed by atoms with E-state index in [1.165, 1.54) is 59.4 Å². The lowest BCUT2D eigenvalue weighted by molar-refractivity contribution is 0.0942. The fourth-order valence-corrected chi connectivity index (χ4v) is 15.8. The minimum Gasteiger partial charge on any atom is -0.490 e. The Hall–Kier alpha value is -10.6. The number of nitrogens with one attached hydrogen (secondary N) is 8. The van der Waals surface area contributed by atoms with Crippen LogP contribution in [-0.2, 0) is 94.1 Å². The Morgan fingerprint density at radius 3 is 0.839 bits per heavy atom. The van der Waals surface area contributed by atoms with Gasteiger partial charge in [0.15, 0.2) is 46.0 Å². The molecule has 4 amide bonds. The molecule has 5 aromatic rings. The number of amides is 4. The molecule has 0 radical (unpaired) electrons. The molecular formula is C76H113N13O40S8. The van der Waals surface area contributed by atoms with Crippen molar-refractivity contribution in [3.05, 3.63) is 106 Å². The average molecular weight is 2110 g/mol. The Morgan fingerprint density at radius 1 is 0.307 bits per heavy atom. The van der Waals surface area contributed by atoms with E-state index in [-0.39, 0.29) is 286 Å². The molecule has 0 unspecified atom stereocenters. The summed E-state index contributed by atoms with van der Waals surface area (Å²) in [7, 11) is -35.4. The van der Waals surface area contributed by atoms with Gasteiger partial charge in [-0.1, -0.05) is 19.1 Å². The van der Waals surface area contributed by atoms with Gasteiger partial charge in [0.2, 0.25) is 23.0 Å². The summed E-state index contributed by atoms with van der Waals surface area (Å²) < 4.78 is 332. The average Bonchev–Trinajstić information content (AvgIpc) is 1.50. The summed E-state index contributed by atoms with van der Waals surface area (Å²) in [5.41, 5.74) is 12.9. The van der Waals surface area contributed by atoms with Gasteiger partial charge in [0.25, 0.3) is 105 Å². The van der Waals surface area contributed by atoms with E-state index in [2.05, 4.69) is 53.5 Å². The van der Waals surface area contributed by atoms with Gasteiger partial charge in [-0.2, -0.15) is 67.3 Å². The topological polar surface area (TPSA) is 747 Å². The molecule has 7 rings (SSSR count). The van der Waals surface area contributed by atoms with Crippen molar-refractivity contribution in [3.63, 3.8) is 0 Å². The van der Waals surface area contributed by atoms with Gasteiger partial charge in [-0.25, -0.2) is 0 Å². The number of aryl methyl sites for hydroxylation is 1. The van der Waals surface area contributed by atoms with Crippen LogP contribution in [0.15, 0.2) is 78.5 Å². The number of carbonyl (C=O) groups is 4. The highest BCUT2D eigenvalue weighted by molar-refractivity contribution is 7.87. The fraction of sp³-hybridized carbons (Fsp3) is 0.553. The summed E-state index contributed by atoms with van der Waals surface area (Å²) in [6.07, 6.45) is 4.70. The van der Waals surface area contributed by atoms with Crippen molar-refractivity contribution in [1.82, 2.24) is 68.2 Å². The second kappa shape index (κ2) is 54.7. The van der Waals surface area contributed by atoms with Crippen molar-refractivity contribution < 1.29 is 180 Å². The first-order chi connectivity index (χ1) is 64.5. The molecule has 16 N–H and O–H groups in total. The zero-order valence-corrected chi connectivity index (χ0v) is 80.8. The van der Waals surface area contributed by atoms with Crippen LogP contribution in [-0.4, -0.2) is 310 Å². The van der Waals surface area contributed by atoms with Gasteiger partial charge < -0.3 is 89.0 Å². The molecular weight excluding hydrogens is 1990 g/mol. The van der Waals surface area contributed by atoms with E-state index in [1.807, 2.05) is 13.8 Å². The Morgan fingerprint density at radius 2 is 0.555 bits per heavy atom. The Balaban J connectivity index is 1.10. The third-order valence-corrected chi connectivity index (χ3v) is 24.6. The standard InChI is InChI=1S/C76H113N13O40S8/c1-3-16-77-73(90)57-46-67(127-51-58-48-87(84-81-58)20-5-17-78-74(91)54-40-61(118-23-4-2)69(124-29-13-37-135(109,110)111)62(41-54)119-24-8-32-130(94,95)96)72(129-53-60-50-89(86-83-60)22-7-19-80-76(93)56-44-65(122-27-11-35-133(103,104)105)71(126-31-15-39-137(115,116)117)66(45-56)123-28-12-36-134(106,107)108)68(47-57)128-52-59-49-88(85-82-59)21-6-18-79-75(92)55-42-63(120-25-9-33-131(97,98)99)70(125-30-14-38-136(112,113)114)64(43-55)121-26-10-34-132(100,101)102/h40-50,81,83-84,86H,3-39,51-53H2,1-2H3,(H,77,90)(H,78,91)(H,79,92)(H,80,93)(H,94,95,96)(H,97,98,99)(H,100,101,102)(H,103,104,105)(H,106,107,108)(H,109,110,111)(H,112,113,114)(H,115,116,117). The van der Waals surface area contributed by atoms with Gasteiger partial charge in [0, 0.05) is 80.5 Å². The number of ether oxygens (including phenoxy) is 12. The Labute approximate surface area is 791 Å². The highest BCUT2D eigenvalue weighted by atomic mass is 32.2. The van der Waals surface area contributed by atoms with Crippen LogP contribution >= 0.6 is 0 Å². The van der Waals surface area contributed by atoms with Gasteiger partial charge in [0.1, 0.15) is 25.5 Å². The molecule has 0 spiro atoms. The summed E-state index contributed by atoms with van der Waals surface area (Å²) in [6, 6.07) is 10.3. The number of rotatable bonds is 70. The molecule has 0 saturated heterocycles. The fourth-order valence-electron chi connectivity index (χ4n) is 12.0. The van der Waals surface area contributed by atoms with Gasteiger partial charge in [-0.05, 0) is 132 Å². The van der Waals surface area contributed by atoms with Crippen molar-refractivity contribution in [2.75, 3.05) is 158 Å². The number of benzene rings is 4. The van der Waals surface area contributed by atoms with Crippen molar-refractivity contribution in [3.8, 4) is 69.0 Å². The number of aromatic nitrogens is 3. The molecule has 770 valence electrons. The van der Waals surface area contributed by atoms with Crippen LogP contribution in [0.25, 0.3) is 0 Å². The van der Waals surface area contributed by atoms with Crippen molar-refractivity contribution in [2.45, 2.75) is 110 Å². The van der Waals surface area contributed by atoms with Gasteiger partial charge in [-0.15, -0.1) is 16.2 Å². The molecule has 1 aromatic heterocycles. The van der Waals surface area contributed by atoms with E-state index in [1.54, 1.807) is 22.4 Å². The molecule has 53 nitrogen and oxygen atoms in total. The van der Waals surface area contributed by atoms with Crippen molar-refractivity contribution >= 4 is 105 Å². The van der Waals surface area contributed by atoms with E-state index in [0.717, 1.165) is 0 Å². The number of carbonyl (C=O) groups excluding carboxylic acids is 4. The smallest absolute Gasteiger partial charge is 0.264 e. The second-order valence-electron chi connectivity index (χ2n) is 30.1. The molecule has 0 saturated carbocycles. The predicted octanol–water partition coefficient (Wildman–Crippen LogP) is 1.59. The summed E-state index contributed by atoms with van der Waals surface area (Å²) >= 11 is 0. The third-order valence-electron chi connectivity index (χ3n) is 18.2. The van der Waals surface area contributed by atoms with Crippen molar-refractivity contribution in [2.24, 2.45) is 0 Å². The molecule has 137 heavy (non-hydrogen) atoms. The van der Waals surface area contributed by atoms with Gasteiger partial charge in [-0.3, -0.25) is 70.3 Å². The Bertz CT molecular complexity index is 5800. The monoisotopic (exact) mass is 2100 g/mol. The van der Waals surface area contributed by atoms with E-state index in [9.17, 15) is 123 Å². The molecule has 0 bridgehead atoms. The zero-order valence-electron chi connectivity index (χ0n) is 74.3. The largest absolute Gasteiger partial charge is 0.490 e. The number of hydrazine groups is 4. The number of hydrogen-bond acceptors (Lipinski definition) is 40. The highest BCUT2D eigenvalue weighted by Crippen LogP contribution is 2.44. The normalized spacial score (nSPS) is 13.2. The molecule has 0 aliphatic carbocycles. The molecule has 0 atom stereocenters. The third kappa shape index (κ3) is 45.7. The van der Waals surface area contributed by atoms with E-state index >= 15 is 0 Å². The SMILES string of the molecule is CCCNC(=O)c1cc(OCC2=CN(CCCNC(=O)c3cc(OCCC)c(OCCCS(=O)(=O)O)c(OCCCS(=O)(=O)O)c3)NN2)c(OCC2=CN(CCCNC(=O)c3cc(OCCCS(=O)(=O)O)c(OCCCS(=O)(=O)O)c(OCCCS(=O)(=O)O)c3)NN2)c(OCc2cn(CCCNC(=O)c3cc(OCCCS(=O)(=O)O)c(OCCCS(=O)(=O)O)c(OCCCS(=O)(=O)O)c3)nn2)c1. The first kappa shape index (κ1) is 113. The van der Waals surface area contributed by atoms with Crippen LogP contribution in [0.1, 0.15) is 144 Å². The minimum absolute atomic E-state index is 0.000707. The van der Waals surface area contributed by atoms with Crippen LogP contribution in [0.4, 0.5) is 0 Å². The molecule has 0 fully saturated rings. The number of hydrogen-bond donors (Lipinski definition) is 16. The van der Waals surface area contributed by atoms with Crippen LogP contribution < -0.4 is 100 Å². The van der Waals surface area contributed by atoms with Crippen LogP contribution in [0, 0.1) is 0 Å². The lowest BCUT2D eigenvalue weighted by Gasteiger charge is -2.19. The van der Waals surface area contributed by atoms with Gasteiger partial charge >= 0.3 is 0 Å². The quantitative estimate of drug-likeness (QED) is 0.0194. The summed E-state index contributed by atoms with van der Waals surface area (Å²) in [4.78, 5) is 55.6.